The molecule has 0 aliphatic carbocycles. The van der Waals surface area contributed by atoms with Crippen molar-refractivity contribution >= 4 is 0 Å². The lowest BCUT2D eigenvalue weighted by atomic mass is 10.1. The maximum atomic E-state index is 5.33. The van der Waals surface area contributed by atoms with Gasteiger partial charge in [0.25, 0.3) is 0 Å². The second kappa shape index (κ2) is 12.8. The first kappa shape index (κ1) is 16.8. The largest absolute Gasteiger partial charge is 0.469 e. The Bertz CT molecular complexity index is 346. The fourth-order valence-electron chi connectivity index (χ4n) is 2.22. The van der Waals surface area contributed by atoms with Crippen LogP contribution in [0.25, 0.3) is 0 Å². The van der Waals surface area contributed by atoms with Gasteiger partial charge in [-0.25, -0.2) is 0 Å². The highest BCUT2D eigenvalue weighted by atomic mass is 16.3. The van der Waals surface area contributed by atoms with Gasteiger partial charge in [0.2, 0.25) is 0 Å². The lowest BCUT2D eigenvalue weighted by molar-refractivity contribution is 0.492. The molecule has 1 aromatic rings. The van der Waals surface area contributed by atoms with Crippen LogP contribution < -0.4 is 0 Å². The first-order chi connectivity index (χ1) is 9.93. The molecule has 0 amide bonds. The van der Waals surface area contributed by atoms with Crippen LogP contribution in [-0.2, 0) is 6.42 Å². The second-order valence-electron chi connectivity index (χ2n) is 5.35. The zero-order valence-corrected chi connectivity index (χ0v) is 13.0. The van der Waals surface area contributed by atoms with E-state index in [0.717, 1.165) is 18.6 Å². The van der Waals surface area contributed by atoms with Crippen molar-refractivity contribution in [3.05, 3.63) is 48.5 Å². The van der Waals surface area contributed by atoms with E-state index in [9.17, 15) is 0 Å². The van der Waals surface area contributed by atoms with Crippen LogP contribution in [0.15, 0.2) is 47.1 Å². The SMILES string of the molecule is CCC/C=C\C/C=C\CCCCCCCc1ccco1. The van der Waals surface area contributed by atoms with Gasteiger partial charge in [-0.1, -0.05) is 56.9 Å². The Labute approximate surface area is 124 Å². The van der Waals surface area contributed by atoms with E-state index < -0.39 is 0 Å². The lowest BCUT2D eigenvalue weighted by Gasteiger charge is -1.99. The van der Waals surface area contributed by atoms with Crippen LogP contribution >= 0.6 is 0 Å². The predicted octanol–water partition coefficient (Wildman–Crippen LogP) is 6.47. The number of furan rings is 1. The topological polar surface area (TPSA) is 13.1 Å². The van der Waals surface area contributed by atoms with Crippen LogP contribution in [0.3, 0.4) is 0 Å². The molecule has 0 bridgehead atoms. The minimum atomic E-state index is 1.09. The summed E-state index contributed by atoms with van der Waals surface area (Å²) in [5, 5.41) is 0. The van der Waals surface area contributed by atoms with Crippen molar-refractivity contribution < 1.29 is 4.42 Å². The minimum absolute atomic E-state index is 1.09. The number of rotatable bonds is 12. The van der Waals surface area contributed by atoms with E-state index in [0.29, 0.717) is 0 Å². The van der Waals surface area contributed by atoms with Crippen LogP contribution in [0.1, 0.15) is 70.5 Å². The van der Waals surface area contributed by atoms with Crippen LogP contribution in [0.2, 0.25) is 0 Å². The standard InChI is InChI=1S/C19H30O/c1-2-3-4-5-6-7-8-9-10-11-12-13-14-16-19-17-15-18-20-19/h4-5,7-8,15,17-18H,2-3,6,9-14,16H2,1H3/b5-4-,8-7-. The zero-order valence-electron chi connectivity index (χ0n) is 13.0. The van der Waals surface area contributed by atoms with Gasteiger partial charge in [-0.15, -0.1) is 0 Å². The molecule has 0 atom stereocenters. The molecule has 112 valence electrons. The van der Waals surface area contributed by atoms with Crippen LogP contribution in [0.4, 0.5) is 0 Å². The van der Waals surface area contributed by atoms with Gasteiger partial charge in [-0.2, -0.15) is 0 Å². The third kappa shape index (κ3) is 9.66. The lowest BCUT2D eigenvalue weighted by Crippen LogP contribution is -1.83. The Hall–Kier alpha value is -1.24. The van der Waals surface area contributed by atoms with Crippen molar-refractivity contribution in [2.45, 2.75) is 71.1 Å². The maximum absolute atomic E-state index is 5.33. The molecule has 1 rings (SSSR count). The Balaban J connectivity index is 1.81. The van der Waals surface area contributed by atoms with Crippen LogP contribution in [0, 0.1) is 0 Å². The predicted molar refractivity (Wildman–Crippen MR) is 87.9 cm³/mol. The summed E-state index contributed by atoms with van der Waals surface area (Å²) in [6, 6.07) is 4.04. The number of hydrogen-bond donors (Lipinski definition) is 0. The highest BCUT2D eigenvalue weighted by molar-refractivity contribution is 4.97. The molecule has 0 aromatic carbocycles. The van der Waals surface area contributed by atoms with E-state index >= 15 is 0 Å². The molecule has 1 heterocycles. The summed E-state index contributed by atoms with van der Waals surface area (Å²) in [6.07, 6.45) is 23.5. The van der Waals surface area contributed by atoms with Crippen LogP contribution in [-0.4, -0.2) is 0 Å². The monoisotopic (exact) mass is 274 g/mol. The Morgan fingerprint density at radius 3 is 2.40 bits per heavy atom. The number of unbranched alkanes of at least 4 members (excludes halogenated alkanes) is 6. The average molecular weight is 274 g/mol. The summed E-state index contributed by atoms with van der Waals surface area (Å²) in [4.78, 5) is 0. The van der Waals surface area contributed by atoms with Gasteiger partial charge in [-0.05, 0) is 44.2 Å². The van der Waals surface area contributed by atoms with E-state index in [4.69, 9.17) is 4.42 Å². The quantitative estimate of drug-likeness (QED) is 0.314. The van der Waals surface area contributed by atoms with Crippen molar-refractivity contribution in [3.63, 3.8) is 0 Å². The van der Waals surface area contributed by atoms with Crippen molar-refractivity contribution in [3.8, 4) is 0 Å². The van der Waals surface area contributed by atoms with Gasteiger partial charge in [0.15, 0.2) is 0 Å². The molecule has 1 nitrogen and oxygen atoms in total. The fourth-order valence-corrected chi connectivity index (χ4v) is 2.22. The highest BCUT2D eigenvalue weighted by Crippen LogP contribution is 2.10. The summed E-state index contributed by atoms with van der Waals surface area (Å²) >= 11 is 0. The summed E-state index contributed by atoms with van der Waals surface area (Å²) < 4.78 is 5.33. The van der Waals surface area contributed by atoms with Gasteiger partial charge in [0.05, 0.1) is 6.26 Å². The first-order valence-corrected chi connectivity index (χ1v) is 8.26. The van der Waals surface area contributed by atoms with Gasteiger partial charge in [0, 0.05) is 6.42 Å². The molecular weight excluding hydrogens is 244 g/mol. The number of hydrogen-bond acceptors (Lipinski definition) is 1. The van der Waals surface area contributed by atoms with Crippen molar-refractivity contribution in [2.75, 3.05) is 0 Å². The molecule has 0 saturated heterocycles. The number of allylic oxidation sites excluding steroid dienone is 4. The van der Waals surface area contributed by atoms with Gasteiger partial charge < -0.3 is 4.42 Å². The molecule has 0 saturated carbocycles. The Kier molecular flexibility index (Phi) is 10.7. The van der Waals surface area contributed by atoms with Crippen molar-refractivity contribution in [1.29, 1.82) is 0 Å². The van der Waals surface area contributed by atoms with E-state index in [1.807, 2.05) is 6.07 Å². The molecule has 0 spiro atoms. The Morgan fingerprint density at radius 1 is 0.900 bits per heavy atom. The van der Waals surface area contributed by atoms with Gasteiger partial charge in [-0.3, -0.25) is 0 Å². The van der Waals surface area contributed by atoms with Gasteiger partial charge in [0.1, 0.15) is 5.76 Å². The van der Waals surface area contributed by atoms with Gasteiger partial charge >= 0.3 is 0 Å². The fraction of sp³-hybridized carbons (Fsp3) is 0.579. The molecule has 1 heteroatoms. The van der Waals surface area contributed by atoms with Crippen molar-refractivity contribution in [2.24, 2.45) is 0 Å². The molecule has 0 N–H and O–H groups in total. The second-order valence-corrected chi connectivity index (χ2v) is 5.35. The zero-order chi connectivity index (χ0) is 14.3. The van der Waals surface area contributed by atoms with E-state index in [1.165, 1.54) is 51.4 Å². The number of aryl methyl sites for hydroxylation is 1. The summed E-state index contributed by atoms with van der Waals surface area (Å²) in [5.41, 5.74) is 0. The molecule has 0 fully saturated rings. The van der Waals surface area contributed by atoms with Crippen LogP contribution in [0.5, 0.6) is 0 Å². The third-order valence-corrected chi connectivity index (χ3v) is 3.43. The molecular formula is C19H30O. The van der Waals surface area contributed by atoms with E-state index in [1.54, 1.807) is 6.26 Å². The molecule has 0 aliphatic rings. The molecule has 20 heavy (non-hydrogen) atoms. The molecule has 1 aromatic heterocycles. The first-order valence-electron chi connectivity index (χ1n) is 8.26. The van der Waals surface area contributed by atoms with E-state index in [-0.39, 0.29) is 0 Å². The van der Waals surface area contributed by atoms with E-state index in [2.05, 4.69) is 37.3 Å². The third-order valence-electron chi connectivity index (χ3n) is 3.43. The average Bonchev–Trinajstić information content (AvgIpc) is 2.97. The molecule has 0 radical (unpaired) electrons. The normalized spacial score (nSPS) is 11.8. The smallest absolute Gasteiger partial charge is 0.103 e. The maximum Gasteiger partial charge on any atom is 0.103 e. The molecule has 0 aliphatic heterocycles. The van der Waals surface area contributed by atoms with Crippen molar-refractivity contribution in [1.82, 2.24) is 0 Å². The summed E-state index contributed by atoms with van der Waals surface area (Å²) in [5.74, 6) is 1.13. The Morgan fingerprint density at radius 2 is 1.65 bits per heavy atom. The molecule has 0 unspecified atom stereocenters. The summed E-state index contributed by atoms with van der Waals surface area (Å²) in [6.45, 7) is 2.22. The highest BCUT2D eigenvalue weighted by Gasteiger charge is 1.95. The summed E-state index contributed by atoms with van der Waals surface area (Å²) in [7, 11) is 0. The minimum Gasteiger partial charge on any atom is -0.469 e.